The van der Waals surface area contributed by atoms with Gasteiger partial charge in [-0.3, -0.25) is 0 Å². The van der Waals surface area contributed by atoms with Gasteiger partial charge in [-0.05, 0) is 25.8 Å². The highest BCUT2D eigenvalue weighted by molar-refractivity contribution is 14.1. The van der Waals surface area contributed by atoms with Crippen LogP contribution in [-0.2, 0) is 0 Å². The van der Waals surface area contributed by atoms with Gasteiger partial charge in [0.25, 0.3) is 0 Å². The van der Waals surface area contributed by atoms with Gasteiger partial charge in [-0.1, -0.05) is 24.6 Å². The number of nitrogens with zero attached hydrogens (tertiary/aromatic N) is 1. The van der Waals surface area contributed by atoms with E-state index < -0.39 is 0 Å². The van der Waals surface area contributed by atoms with Crippen LogP contribution in [0.25, 0.3) is 0 Å². The van der Waals surface area contributed by atoms with Crippen LogP contribution in [0.4, 0.5) is 0 Å². The van der Waals surface area contributed by atoms with Gasteiger partial charge in [0.15, 0.2) is 0 Å². The summed E-state index contributed by atoms with van der Waals surface area (Å²) in [6, 6.07) is 0. The average molecular weight is 263 g/mol. The summed E-state index contributed by atoms with van der Waals surface area (Å²) < 4.78 is 3.89. The fraction of sp³-hybridized carbons (Fsp3) is 0.444. The Morgan fingerprint density at radius 3 is 2.45 bits per heavy atom. The highest BCUT2D eigenvalue weighted by Crippen LogP contribution is 2.00. The first-order valence-corrected chi connectivity index (χ1v) is 4.65. The lowest BCUT2D eigenvalue weighted by atomic mass is 10.2. The molecule has 0 rings (SSSR count). The topological polar surface area (TPSA) is 12.4 Å². The molecule has 0 unspecified atom stereocenters. The summed E-state index contributed by atoms with van der Waals surface area (Å²) in [6.07, 6.45) is 7.18. The van der Waals surface area contributed by atoms with Crippen LogP contribution in [0.3, 0.4) is 0 Å². The molecule has 2 heteroatoms. The molecule has 0 bridgehead atoms. The van der Waals surface area contributed by atoms with Crippen LogP contribution in [0.5, 0.6) is 0 Å². The Kier molecular flexibility index (Phi) is 6.51. The van der Waals surface area contributed by atoms with Crippen molar-refractivity contribution >= 4 is 29.1 Å². The average Bonchev–Trinajstić information content (AvgIpc) is 2.01. The van der Waals surface area contributed by atoms with E-state index in [4.69, 9.17) is 0 Å². The second-order valence-electron chi connectivity index (χ2n) is 2.50. The number of hydrogen-bond donors (Lipinski definition) is 0. The number of rotatable bonds is 3. The van der Waals surface area contributed by atoms with Gasteiger partial charge in [0.05, 0.1) is 22.9 Å². The molecule has 0 amide bonds. The maximum absolute atomic E-state index is 3.89. The summed E-state index contributed by atoms with van der Waals surface area (Å²) in [5, 5.41) is 0. The van der Waals surface area contributed by atoms with E-state index in [1.54, 1.807) is 0 Å². The van der Waals surface area contributed by atoms with E-state index >= 15 is 0 Å². The van der Waals surface area contributed by atoms with Gasteiger partial charge in [0, 0.05) is 6.21 Å². The maximum Gasteiger partial charge on any atom is 0.0831 e. The third-order valence-corrected chi connectivity index (χ3v) is 1.72. The monoisotopic (exact) mass is 263 g/mol. The van der Waals surface area contributed by atoms with Crippen LogP contribution in [0.15, 0.2) is 26.5 Å². The zero-order valence-electron chi connectivity index (χ0n) is 7.26. The van der Waals surface area contributed by atoms with Gasteiger partial charge < -0.3 is 0 Å². The van der Waals surface area contributed by atoms with E-state index in [0.29, 0.717) is 0 Å². The molecule has 0 fully saturated rings. The minimum atomic E-state index is 1.12. The predicted octanol–water partition coefficient (Wildman–Crippen LogP) is 3.71. The molecule has 1 nitrogen and oxygen atoms in total. The molecule has 0 atom stereocenters. The lowest BCUT2D eigenvalue weighted by Crippen LogP contribution is -1.74. The highest BCUT2D eigenvalue weighted by atomic mass is 127. The molecule has 0 N–H and O–H groups in total. The molecule has 0 heterocycles. The number of halogens is 1. The summed E-state index contributed by atoms with van der Waals surface area (Å²) in [7, 11) is 0. The van der Waals surface area contributed by atoms with Crippen molar-refractivity contribution in [3.63, 3.8) is 0 Å². The fourth-order valence-electron chi connectivity index (χ4n) is 0.512. The van der Waals surface area contributed by atoms with Crippen LogP contribution >= 0.6 is 22.9 Å². The molecule has 0 aliphatic carbocycles. The molecule has 11 heavy (non-hydrogen) atoms. The van der Waals surface area contributed by atoms with E-state index in [2.05, 4.69) is 29.2 Å². The maximum atomic E-state index is 3.89. The first-order valence-electron chi connectivity index (χ1n) is 3.69. The van der Waals surface area contributed by atoms with Crippen molar-refractivity contribution in [2.24, 2.45) is 3.21 Å². The Bertz CT molecular complexity index is 190. The summed E-state index contributed by atoms with van der Waals surface area (Å²) in [5.74, 6) is 0. The largest absolute Gasteiger partial charge is 0.223 e. The Morgan fingerprint density at radius 1 is 1.36 bits per heavy atom. The van der Waals surface area contributed by atoms with Crippen molar-refractivity contribution in [2.45, 2.75) is 27.2 Å². The Labute approximate surface area is 82.8 Å². The van der Waals surface area contributed by atoms with E-state index in [-0.39, 0.29) is 0 Å². The van der Waals surface area contributed by atoms with E-state index in [0.717, 1.165) is 6.42 Å². The molecule has 0 radical (unpaired) electrons. The number of hydrogen-bond acceptors (Lipinski definition) is 1. The number of allylic oxidation sites excluding steroid dienone is 4. The summed E-state index contributed by atoms with van der Waals surface area (Å²) >= 11 is 1.98. The standard InChI is InChI=1S/C9H14IN/c1-4-8(2)5-6-9(3)7-11-10/h5-7H,4H2,1-3H3/b8-5+,9-6+,11-7+. The zero-order chi connectivity index (χ0) is 8.69. The van der Waals surface area contributed by atoms with Crippen LogP contribution in [0.2, 0.25) is 0 Å². The molecule has 0 saturated carbocycles. The van der Waals surface area contributed by atoms with Crippen LogP contribution in [0, 0.1) is 0 Å². The minimum absolute atomic E-state index is 1.12. The van der Waals surface area contributed by atoms with Crippen LogP contribution in [-0.4, -0.2) is 6.21 Å². The summed E-state index contributed by atoms with van der Waals surface area (Å²) in [6.45, 7) is 6.33. The second-order valence-corrected chi connectivity index (χ2v) is 3.06. The molecule has 0 aromatic rings. The van der Waals surface area contributed by atoms with Gasteiger partial charge >= 0.3 is 0 Å². The van der Waals surface area contributed by atoms with Crippen molar-refractivity contribution in [2.75, 3.05) is 0 Å². The van der Waals surface area contributed by atoms with Crippen molar-refractivity contribution in [1.82, 2.24) is 0 Å². The predicted molar refractivity (Wildman–Crippen MR) is 60.3 cm³/mol. The molecule has 62 valence electrons. The van der Waals surface area contributed by atoms with Gasteiger partial charge in [0.2, 0.25) is 0 Å². The molecule has 0 aliphatic heterocycles. The van der Waals surface area contributed by atoms with Crippen molar-refractivity contribution in [3.8, 4) is 0 Å². The Hall–Kier alpha value is -0.120. The van der Waals surface area contributed by atoms with Crippen molar-refractivity contribution in [3.05, 3.63) is 23.3 Å². The van der Waals surface area contributed by atoms with Crippen molar-refractivity contribution < 1.29 is 0 Å². The quantitative estimate of drug-likeness (QED) is 0.418. The molecule has 0 saturated heterocycles. The first-order chi connectivity index (χ1) is 5.20. The van der Waals surface area contributed by atoms with E-state index in [1.165, 1.54) is 11.1 Å². The molecular formula is C9H14IN. The zero-order valence-corrected chi connectivity index (χ0v) is 9.42. The lowest BCUT2D eigenvalue weighted by molar-refractivity contribution is 1.10. The molecule has 0 aromatic carbocycles. The second kappa shape index (κ2) is 6.58. The Morgan fingerprint density at radius 2 is 2.00 bits per heavy atom. The molecule has 0 aliphatic rings. The molecule has 0 aromatic heterocycles. The SMILES string of the molecule is CC/C(C)=C/C=C(C)/C=N/I. The summed E-state index contributed by atoms with van der Waals surface area (Å²) in [4.78, 5) is 0. The Balaban J connectivity index is 4.10. The lowest BCUT2D eigenvalue weighted by Gasteiger charge is -1.90. The van der Waals surface area contributed by atoms with Crippen LogP contribution < -0.4 is 0 Å². The third kappa shape index (κ3) is 6.28. The fourth-order valence-corrected chi connectivity index (χ4v) is 0.951. The van der Waals surface area contributed by atoms with Gasteiger partial charge in [-0.2, -0.15) is 0 Å². The smallest absolute Gasteiger partial charge is 0.0831 e. The molecule has 0 spiro atoms. The third-order valence-electron chi connectivity index (χ3n) is 1.44. The first kappa shape index (κ1) is 10.9. The van der Waals surface area contributed by atoms with E-state index in [9.17, 15) is 0 Å². The molecular weight excluding hydrogens is 249 g/mol. The van der Waals surface area contributed by atoms with Gasteiger partial charge in [0.1, 0.15) is 0 Å². The highest BCUT2D eigenvalue weighted by Gasteiger charge is 1.81. The van der Waals surface area contributed by atoms with Crippen LogP contribution in [0.1, 0.15) is 27.2 Å². The van der Waals surface area contributed by atoms with Crippen molar-refractivity contribution in [1.29, 1.82) is 0 Å². The summed E-state index contributed by atoms with van der Waals surface area (Å²) in [5.41, 5.74) is 2.58. The normalized spacial score (nSPS) is 14.5. The van der Waals surface area contributed by atoms with E-state index in [1.807, 2.05) is 36.0 Å². The van der Waals surface area contributed by atoms with Gasteiger partial charge in [-0.25, -0.2) is 3.21 Å². The minimum Gasteiger partial charge on any atom is -0.223 e. The van der Waals surface area contributed by atoms with Gasteiger partial charge in [-0.15, -0.1) is 0 Å².